The molecule has 4 aromatic heterocycles. The van der Waals surface area contributed by atoms with Gasteiger partial charge in [0.1, 0.15) is 0 Å². The van der Waals surface area contributed by atoms with Crippen LogP contribution in [0.3, 0.4) is 0 Å². The summed E-state index contributed by atoms with van der Waals surface area (Å²) in [5.41, 5.74) is 8.59. The van der Waals surface area contributed by atoms with Crippen molar-refractivity contribution in [3.63, 3.8) is 0 Å². The van der Waals surface area contributed by atoms with Crippen molar-refractivity contribution < 1.29 is 32.9 Å². The molecule has 6 nitrogen and oxygen atoms in total. The van der Waals surface area contributed by atoms with Gasteiger partial charge in [-0.1, -0.05) is 280 Å². The van der Waals surface area contributed by atoms with Crippen molar-refractivity contribution in [3.05, 3.63) is 344 Å². The molecule has 0 spiro atoms. The fourth-order valence-electron chi connectivity index (χ4n) is 16.2. The number of pyridine rings is 1. The molecule has 7 heteroatoms. The molecule has 0 amide bonds. The number of fused-ring (bicyclic) bond motifs is 13. The van der Waals surface area contributed by atoms with Crippen LogP contribution in [-0.4, -0.2) is 25.4 Å². The average Bonchev–Trinajstić information content (AvgIpc) is 1.10. The lowest BCUT2D eigenvalue weighted by Crippen LogP contribution is -2.61. The Morgan fingerprint density at radius 1 is 0.296 bits per heavy atom. The van der Waals surface area contributed by atoms with E-state index >= 15 is 0 Å². The third-order valence-corrected chi connectivity index (χ3v) is 21.3. The van der Waals surface area contributed by atoms with Crippen LogP contribution in [0.2, 0.25) is 0 Å². The third kappa shape index (κ3) is 10.2. The van der Waals surface area contributed by atoms with Crippen molar-refractivity contribution >= 4 is 123 Å². The second-order valence-electron chi connectivity index (χ2n) is 30.9. The van der Waals surface area contributed by atoms with Crippen LogP contribution in [-0.2, 0) is 16.2 Å². The summed E-state index contributed by atoms with van der Waals surface area (Å²) < 4.78 is 236. The van der Waals surface area contributed by atoms with Gasteiger partial charge in [-0.05, 0) is 164 Å². The van der Waals surface area contributed by atoms with Crippen molar-refractivity contribution in [1.29, 1.82) is 0 Å². The van der Waals surface area contributed by atoms with Gasteiger partial charge in [-0.25, -0.2) is 0 Å². The van der Waals surface area contributed by atoms with E-state index in [2.05, 4.69) is 96.4 Å². The van der Waals surface area contributed by atoms with Crippen molar-refractivity contribution in [2.45, 2.75) is 78.6 Å². The Morgan fingerprint density at radius 3 is 0.954 bits per heavy atom. The fourth-order valence-corrected chi connectivity index (χ4v) is 16.2. The zero-order valence-electron chi connectivity index (χ0n) is 84.6. The Labute approximate surface area is 665 Å². The molecule has 0 unspecified atom stereocenters. The minimum atomic E-state index is -1.10. The predicted octanol–water partition coefficient (Wildman–Crippen LogP) is 25.0. The summed E-state index contributed by atoms with van der Waals surface area (Å²) in [4.78, 5) is 9.81. The summed E-state index contributed by atoms with van der Waals surface area (Å²) in [5.74, 6) is 0. The Morgan fingerprint density at radius 2 is 0.611 bits per heavy atom. The second-order valence-corrected chi connectivity index (χ2v) is 30.9. The maximum Gasteiger partial charge on any atom is 0.252 e. The van der Waals surface area contributed by atoms with Gasteiger partial charge in [0.05, 0.1) is 88.8 Å². The Balaban J connectivity index is 1.08. The average molecular weight is 1410 g/mol. The van der Waals surface area contributed by atoms with Crippen molar-refractivity contribution in [3.8, 4) is 61.7 Å². The molecule has 0 aliphatic carbocycles. The lowest BCUT2D eigenvalue weighted by atomic mass is 9.33. The van der Waals surface area contributed by atoms with E-state index < -0.39 is 168 Å². The number of hydrogen-bond donors (Lipinski definition) is 0. The molecule has 6 heterocycles. The van der Waals surface area contributed by atoms with E-state index in [0.29, 0.717) is 101 Å². The van der Waals surface area contributed by atoms with Gasteiger partial charge in [-0.2, -0.15) is 0 Å². The van der Waals surface area contributed by atoms with Gasteiger partial charge in [-0.15, -0.1) is 0 Å². The smallest absolute Gasteiger partial charge is 0.252 e. The number of para-hydroxylation sites is 6. The molecule has 0 atom stereocenters. The quantitative estimate of drug-likeness (QED) is 0.135. The van der Waals surface area contributed by atoms with E-state index in [1.165, 1.54) is 13.7 Å². The highest BCUT2D eigenvalue weighted by atomic mass is 15.2. The van der Waals surface area contributed by atoms with E-state index in [0.717, 1.165) is 11.1 Å². The summed E-state index contributed by atoms with van der Waals surface area (Å²) in [7, 11) is 0. The molecule has 0 saturated heterocycles. The summed E-state index contributed by atoms with van der Waals surface area (Å²) in [6, 6.07) is 43.0. The van der Waals surface area contributed by atoms with Crippen molar-refractivity contribution in [2.75, 3.05) is 9.80 Å². The highest BCUT2D eigenvalue weighted by Crippen LogP contribution is 2.56. The van der Waals surface area contributed by atoms with Crippen LogP contribution in [0.15, 0.2) is 327 Å². The molecule has 2 aliphatic heterocycles. The van der Waals surface area contributed by atoms with E-state index in [1.54, 1.807) is 18.2 Å². The summed E-state index contributed by atoms with van der Waals surface area (Å²) in [5, 5.41) is -1.23. The summed E-state index contributed by atoms with van der Waals surface area (Å²) >= 11 is 0. The monoisotopic (exact) mass is 1410 g/mol. The van der Waals surface area contributed by atoms with Gasteiger partial charge in [-0.3, -0.25) is 4.98 Å². The van der Waals surface area contributed by atoms with E-state index in [1.807, 2.05) is 140 Å². The van der Waals surface area contributed by atoms with Crippen LogP contribution >= 0.6 is 0 Å². The molecular formula is C101H81BN6. The molecule has 20 rings (SSSR count). The van der Waals surface area contributed by atoms with Crippen LogP contribution in [0, 0.1) is 0 Å². The van der Waals surface area contributed by atoms with Gasteiger partial charge in [0, 0.05) is 99.8 Å². The molecule has 0 saturated carbocycles. The first-order valence-corrected chi connectivity index (χ1v) is 36.1. The molecular weight excluding hydrogens is 1310 g/mol. The van der Waals surface area contributed by atoms with Crippen LogP contribution in [0.5, 0.6) is 0 Å². The minimum absolute atomic E-state index is 0.0476. The number of rotatable bonds is 9. The van der Waals surface area contributed by atoms with Gasteiger partial charge in [0.25, 0.3) is 6.71 Å². The number of benzene rings is 14. The molecule has 0 fully saturated rings. The Kier molecular flexibility index (Phi) is 10.0. The molecule has 0 radical (unpaired) electrons. The predicted molar refractivity (Wildman–Crippen MR) is 459 cm³/mol. The molecule has 14 aromatic carbocycles. The first kappa shape index (κ1) is 44.3. The molecule has 518 valence electrons. The molecule has 2 aliphatic rings. The van der Waals surface area contributed by atoms with E-state index in [4.69, 9.17) is 4.98 Å². The maximum atomic E-state index is 10.3. The third-order valence-electron chi connectivity index (χ3n) is 21.3. The fraction of sp³-hybridized carbons (Fsp3) is 0.119. The van der Waals surface area contributed by atoms with Crippen LogP contribution < -0.4 is 26.2 Å². The highest BCUT2D eigenvalue weighted by Gasteiger charge is 2.47. The lowest BCUT2D eigenvalue weighted by molar-refractivity contribution is 0.569. The van der Waals surface area contributed by atoms with E-state index in [-0.39, 0.29) is 82.5 Å². The lowest BCUT2D eigenvalue weighted by Gasteiger charge is -2.46. The SMILES string of the molecule is [2H]c1c([2H])c([2H])c2c(c1[2H])c1c([2H])c([2H])c([2H])c([2H])c1n2-c1ccc2c(c1)N(c1c(-c3ccccc3)cc(C(C)(C)C)cc1-c1ccccc1)c1cc(-n3c4c([2H])c([2H])c([2H])c([2H])c4c4c([2H])c([2H])c([2H])c([2H])c43)cc3c1B2c1ccc(-n2c4c([2H])c([2H])c([2H])c([2H])c4c4c([2H])c([2H])c([2H])c([2H])c42)cc1N3c1c(-c2ccccc2)cc(C(C)(C)C)cc1-c1cccc(C(C)(C)C)n1. The van der Waals surface area contributed by atoms with Crippen LogP contribution in [0.1, 0.15) is 112 Å². The molecule has 0 bridgehead atoms. The van der Waals surface area contributed by atoms with Crippen LogP contribution in [0.25, 0.3) is 127 Å². The van der Waals surface area contributed by atoms with Gasteiger partial charge in [0.15, 0.2) is 0 Å². The van der Waals surface area contributed by atoms with Gasteiger partial charge in [0.2, 0.25) is 0 Å². The highest BCUT2D eigenvalue weighted by molar-refractivity contribution is 7.00. The zero-order valence-corrected chi connectivity index (χ0v) is 60.6. The summed E-state index contributed by atoms with van der Waals surface area (Å²) in [6.07, 6.45) is 0. The van der Waals surface area contributed by atoms with Gasteiger partial charge < -0.3 is 23.5 Å². The standard InChI is InChI=1S/C101H81BN6/c1-99(2,3)67-56-78(64-32-13-10-14-33-64)97(79(57-67)65-34-15-11-16-35-65)107-91-60-69(104-85-45-25-19-38-72(85)73-39-20-26-46-86(73)104)52-54-82(91)102-83-55-53-70(105-87-47-27-21-40-74(87)75-41-22-28-48-88(75)105)61-92(83)108(94-63-71(62-93(107)96(94)102)106-89-49-29-23-42-76(89)77-43-24-30-50-90(77)106)98-80(66-36-17-12-18-37-66)58-68(100(4,5)6)59-81(98)84-44-31-51-95(103-84)101(7,8)9/h10-63H,1-9H3/i19D,20D,21D,22D,23D,24D,25D,26D,27D,28D,29D,30D,38D,39D,40D,41D,42D,43D,45D,46D,47D,48D,49D,50D. The van der Waals surface area contributed by atoms with Crippen molar-refractivity contribution in [1.82, 2.24) is 18.7 Å². The van der Waals surface area contributed by atoms with Gasteiger partial charge >= 0.3 is 0 Å². The Bertz CT molecular complexity index is 7920. The van der Waals surface area contributed by atoms with Crippen molar-refractivity contribution in [2.24, 2.45) is 0 Å². The normalized spacial score (nSPS) is 16.1. The second kappa shape index (κ2) is 24.4. The number of nitrogens with zero attached hydrogens (tertiary/aromatic N) is 6. The molecule has 18 aromatic rings. The minimum Gasteiger partial charge on any atom is -0.310 e. The first-order valence-electron chi connectivity index (χ1n) is 48.1. The van der Waals surface area contributed by atoms with Crippen LogP contribution in [0.4, 0.5) is 34.1 Å². The number of anilines is 6. The maximum absolute atomic E-state index is 10.3. The zero-order chi connectivity index (χ0) is 93.9. The number of aromatic nitrogens is 4. The number of hydrogen-bond acceptors (Lipinski definition) is 3. The summed E-state index contributed by atoms with van der Waals surface area (Å²) in [6.45, 7) is 17.7. The topological polar surface area (TPSA) is 34.2 Å². The molecule has 0 N–H and O–H groups in total. The van der Waals surface area contributed by atoms with E-state index in [9.17, 15) is 32.9 Å². The first-order chi connectivity index (χ1) is 62.5. The Hall–Kier alpha value is -12.7. The largest absolute Gasteiger partial charge is 0.310 e. The molecule has 108 heavy (non-hydrogen) atoms.